The van der Waals surface area contributed by atoms with E-state index in [1.807, 2.05) is 0 Å². The molecule has 0 saturated carbocycles. The maximum absolute atomic E-state index is 12.0. The molecule has 2 aliphatic heterocycles. The van der Waals surface area contributed by atoms with Gasteiger partial charge in [0.2, 0.25) is 5.91 Å². The molecule has 1 atom stereocenters. The highest BCUT2D eigenvalue weighted by molar-refractivity contribution is 5.82. The van der Waals surface area contributed by atoms with Crippen molar-refractivity contribution in [3.63, 3.8) is 0 Å². The molecule has 0 bridgehead atoms. The Balaban J connectivity index is 1.73. The highest BCUT2D eigenvalue weighted by Crippen LogP contribution is 2.11. The molecular formula is C12H23N3O. The molecule has 2 N–H and O–H groups in total. The normalized spacial score (nSPS) is 28.9. The van der Waals surface area contributed by atoms with Gasteiger partial charge in [-0.05, 0) is 52.4 Å². The van der Waals surface area contributed by atoms with E-state index < -0.39 is 0 Å². The molecule has 0 aromatic heterocycles. The molecule has 2 heterocycles. The second kappa shape index (κ2) is 5.64. The van der Waals surface area contributed by atoms with Gasteiger partial charge in [-0.15, -0.1) is 0 Å². The van der Waals surface area contributed by atoms with Gasteiger partial charge < -0.3 is 15.5 Å². The number of carbonyl (C=O) groups is 1. The first-order valence-corrected chi connectivity index (χ1v) is 6.48. The van der Waals surface area contributed by atoms with E-state index in [1.54, 1.807) is 0 Å². The summed E-state index contributed by atoms with van der Waals surface area (Å²) in [4.78, 5) is 14.3. The predicted octanol–water partition coefficient (Wildman–Crippen LogP) is 0.339. The number of nitrogens with one attached hydrogen (secondary N) is 2. The summed E-state index contributed by atoms with van der Waals surface area (Å²) in [5, 5.41) is 6.48. The van der Waals surface area contributed by atoms with E-state index in [0.717, 1.165) is 38.9 Å². The van der Waals surface area contributed by atoms with Gasteiger partial charge in [0.15, 0.2) is 0 Å². The third-order valence-electron chi connectivity index (χ3n) is 3.69. The van der Waals surface area contributed by atoms with E-state index in [0.29, 0.717) is 6.04 Å². The maximum Gasteiger partial charge on any atom is 0.237 e. The number of hydrogen-bond acceptors (Lipinski definition) is 3. The van der Waals surface area contributed by atoms with Crippen LogP contribution in [0.25, 0.3) is 0 Å². The number of rotatable bonds is 2. The minimum Gasteiger partial charge on any atom is -0.352 e. The Hall–Kier alpha value is -0.610. The monoisotopic (exact) mass is 225 g/mol. The summed E-state index contributed by atoms with van der Waals surface area (Å²) in [6.07, 6.45) is 5.57. The van der Waals surface area contributed by atoms with Crippen LogP contribution >= 0.6 is 0 Å². The van der Waals surface area contributed by atoms with Crippen LogP contribution in [0.5, 0.6) is 0 Å². The molecule has 92 valence electrons. The third kappa shape index (κ3) is 3.19. The Kier molecular flexibility index (Phi) is 4.18. The molecule has 4 nitrogen and oxygen atoms in total. The number of carbonyl (C=O) groups excluding carboxylic acids is 1. The van der Waals surface area contributed by atoms with Crippen molar-refractivity contribution in [3.8, 4) is 0 Å². The number of nitrogens with zero attached hydrogens (tertiary/aromatic N) is 1. The van der Waals surface area contributed by atoms with Gasteiger partial charge in [0.25, 0.3) is 0 Å². The lowest BCUT2D eigenvalue weighted by Gasteiger charge is -2.31. The van der Waals surface area contributed by atoms with Gasteiger partial charge in [-0.1, -0.05) is 6.42 Å². The Labute approximate surface area is 97.8 Å². The largest absolute Gasteiger partial charge is 0.352 e. The van der Waals surface area contributed by atoms with Crippen molar-refractivity contribution in [1.82, 2.24) is 15.5 Å². The molecule has 1 amide bonds. The van der Waals surface area contributed by atoms with Crippen molar-refractivity contribution < 1.29 is 4.79 Å². The first kappa shape index (κ1) is 11.9. The van der Waals surface area contributed by atoms with Crippen LogP contribution in [0.4, 0.5) is 0 Å². The van der Waals surface area contributed by atoms with Gasteiger partial charge in [-0.25, -0.2) is 0 Å². The average Bonchev–Trinajstić information content (AvgIpc) is 2.33. The van der Waals surface area contributed by atoms with Gasteiger partial charge in [-0.3, -0.25) is 4.79 Å². The molecule has 0 aliphatic carbocycles. The van der Waals surface area contributed by atoms with Gasteiger partial charge in [0, 0.05) is 6.04 Å². The summed E-state index contributed by atoms with van der Waals surface area (Å²) in [5.41, 5.74) is 0. The number of amides is 1. The fourth-order valence-corrected chi connectivity index (χ4v) is 2.53. The molecule has 0 aromatic rings. The van der Waals surface area contributed by atoms with Crippen molar-refractivity contribution in [2.45, 2.75) is 44.2 Å². The van der Waals surface area contributed by atoms with Gasteiger partial charge in [0.05, 0.1) is 6.04 Å². The standard InChI is InChI=1S/C12H23N3O/c1-15-8-5-10(6-9-15)14-12(16)11-4-2-3-7-13-11/h10-11,13H,2-9H2,1H3,(H,14,16)/t11-/m0/s1. The molecule has 0 aromatic carbocycles. The lowest BCUT2D eigenvalue weighted by molar-refractivity contribution is -0.124. The van der Waals surface area contributed by atoms with E-state index in [9.17, 15) is 4.79 Å². The summed E-state index contributed by atoms with van der Waals surface area (Å²) in [6, 6.07) is 0.459. The van der Waals surface area contributed by atoms with E-state index in [1.165, 1.54) is 12.8 Å². The van der Waals surface area contributed by atoms with Crippen molar-refractivity contribution in [2.24, 2.45) is 0 Å². The molecule has 16 heavy (non-hydrogen) atoms. The fraction of sp³-hybridized carbons (Fsp3) is 0.917. The second-order valence-corrected chi connectivity index (χ2v) is 5.09. The van der Waals surface area contributed by atoms with Crippen LogP contribution < -0.4 is 10.6 Å². The van der Waals surface area contributed by atoms with Crippen LogP contribution in [0.2, 0.25) is 0 Å². The molecule has 2 fully saturated rings. The zero-order valence-corrected chi connectivity index (χ0v) is 10.2. The molecule has 2 aliphatic rings. The Morgan fingerprint density at radius 2 is 2.00 bits per heavy atom. The lowest BCUT2D eigenvalue weighted by Crippen LogP contribution is -2.51. The number of likely N-dealkylation sites (tertiary alicyclic amines) is 1. The average molecular weight is 225 g/mol. The number of hydrogen-bond donors (Lipinski definition) is 2. The predicted molar refractivity (Wildman–Crippen MR) is 64.3 cm³/mol. The van der Waals surface area contributed by atoms with E-state index in [-0.39, 0.29) is 11.9 Å². The molecule has 0 unspecified atom stereocenters. The smallest absolute Gasteiger partial charge is 0.237 e. The van der Waals surface area contributed by atoms with Crippen LogP contribution in [-0.4, -0.2) is 49.6 Å². The SMILES string of the molecule is CN1CCC(NC(=O)[C@@H]2CCCCN2)CC1. The van der Waals surface area contributed by atoms with E-state index in [4.69, 9.17) is 0 Å². The van der Waals surface area contributed by atoms with Crippen LogP contribution in [0.3, 0.4) is 0 Å². The van der Waals surface area contributed by atoms with Crippen molar-refractivity contribution in [1.29, 1.82) is 0 Å². The van der Waals surface area contributed by atoms with Crippen LogP contribution in [-0.2, 0) is 4.79 Å². The minimum absolute atomic E-state index is 0.0633. The van der Waals surface area contributed by atoms with Crippen molar-refractivity contribution in [3.05, 3.63) is 0 Å². The summed E-state index contributed by atoms with van der Waals surface area (Å²) in [5.74, 6) is 0.217. The summed E-state index contributed by atoms with van der Waals surface area (Å²) < 4.78 is 0. The van der Waals surface area contributed by atoms with Crippen LogP contribution in [0, 0.1) is 0 Å². The Morgan fingerprint density at radius 3 is 2.62 bits per heavy atom. The zero-order chi connectivity index (χ0) is 11.4. The fourth-order valence-electron chi connectivity index (χ4n) is 2.53. The van der Waals surface area contributed by atoms with Crippen molar-refractivity contribution in [2.75, 3.05) is 26.7 Å². The van der Waals surface area contributed by atoms with E-state index >= 15 is 0 Å². The third-order valence-corrected chi connectivity index (χ3v) is 3.69. The lowest BCUT2D eigenvalue weighted by atomic mass is 10.0. The topological polar surface area (TPSA) is 44.4 Å². The molecule has 0 spiro atoms. The summed E-state index contributed by atoms with van der Waals surface area (Å²) in [6.45, 7) is 3.19. The zero-order valence-electron chi connectivity index (χ0n) is 10.2. The summed E-state index contributed by atoms with van der Waals surface area (Å²) in [7, 11) is 2.14. The minimum atomic E-state index is 0.0633. The van der Waals surface area contributed by atoms with Gasteiger partial charge >= 0.3 is 0 Å². The van der Waals surface area contributed by atoms with Crippen molar-refractivity contribution >= 4 is 5.91 Å². The van der Waals surface area contributed by atoms with Gasteiger partial charge in [0.1, 0.15) is 0 Å². The number of piperidine rings is 2. The first-order chi connectivity index (χ1) is 7.75. The first-order valence-electron chi connectivity index (χ1n) is 6.48. The summed E-state index contributed by atoms with van der Waals surface area (Å²) >= 11 is 0. The highest BCUT2D eigenvalue weighted by Gasteiger charge is 2.24. The second-order valence-electron chi connectivity index (χ2n) is 5.09. The van der Waals surface area contributed by atoms with E-state index in [2.05, 4.69) is 22.6 Å². The Bertz CT molecular complexity index is 230. The molecule has 0 radical (unpaired) electrons. The highest BCUT2D eigenvalue weighted by atomic mass is 16.2. The Morgan fingerprint density at radius 1 is 1.25 bits per heavy atom. The maximum atomic E-state index is 12.0. The van der Waals surface area contributed by atoms with Crippen LogP contribution in [0.15, 0.2) is 0 Å². The molecule has 4 heteroatoms. The van der Waals surface area contributed by atoms with Gasteiger partial charge in [-0.2, -0.15) is 0 Å². The molecule has 2 rings (SSSR count). The molecule has 2 saturated heterocycles. The quantitative estimate of drug-likeness (QED) is 0.712. The molecular weight excluding hydrogens is 202 g/mol. The van der Waals surface area contributed by atoms with Crippen LogP contribution in [0.1, 0.15) is 32.1 Å².